The molecule has 0 aliphatic carbocycles. The van der Waals surface area contributed by atoms with Crippen LogP contribution < -0.4 is 12.3 Å². The van der Waals surface area contributed by atoms with Gasteiger partial charge in [0, 0.05) is 6.42 Å². The maximum Gasteiger partial charge on any atom is 0.303 e. The minimum atomic E-state index is -0.745. The van der Waals surface area contributed by atoms with E-state index in [2.05, 4.69) is 0 Å². The Balaban J connectivity index is -0.0000000133. The maximum atomic E-state index is 9.37. The van der Waals surface area contributed by atoms with Crippen LogP contribution in [-0.2, 0) is 4.79 Å². The van der Waals surface area contributed by atoms with E-state index in [0.717, 1.165) is 0 Å². The average molecular weight is 181 g/mol. The third-order valence-electron chi connectivity index (χ3n) is 0.302. The standard InChI is InChI=1S/C3H6O2.2ClH.2H3N/c1-2-3(4)5;;;;/h2H2,1H3,(H,4,5);2*1H;2*1H3. The predicted molar refractivity (Wildman–Crippen MR) is 42.5 cm³/mol. The molecule has 7 N–H and O–H groups in total. The van der Waals surface area contributed by atoms with Crippen molar-refractivity contribution >= 4 is 30.8 Å². The molecule has 0 rings (SSSR count). The molecule has 0 saturated carbocycles. The fourth-order valence-electron chi connectivity index (χ4n) is 0. The number of carboxylic acid groups (broad SMARTS) is 1. The fourth-order valence-corrected chi connectivity index (χ4v) is 0. The lowest BCUT2D eigenvalue weighted by Gasteiger charge is -1.71. The van der Waals surface area contributed by atoms with Crippen LogP contribution in [0.2, 0.25) is 0 Å². The predicted octanol–water partition coefficient (Wildman–Crippen LogP) is 1.65. The van der Waals surface area contributed by atoms with E-state index in [9.17, 15) is 4.79 Å². The van der Waals surface area contributed by atoms with Gasteiger partial charge in [-0.3, -0.25) is 4.79 Å². The molecule has 0 heterocycles. The van der Waals surface area contributed by atoms with Crippen molar-refractivity contribution in [2.24, 2.45) is 0 Å². The third kappa shape index (κ3) is 73.2. The highest BCUT2D eigenvalue weighted by atomic mass is 35.5. The first-order chi connectivity index (χ1) is 2.27. The topological polar surface area (TPSA) is 107 Å². The molecule has 0 bridgehead atoms. The molecule has 0 radical (unpaired) electrons. The lowest BCUT2D eigenvalue weighted by molar-refractivity contribution is -0.136. The highest BCUT2D eigenvalue weighted by Gasteiger charge is 1.80. The van der Waals surface area contributed by atoms with Gasteiger partial charge in [-0.2, -0.15) is 0 Å². The first kappa shape index (κ1) is 36.2. The molecule has 0 saturated heterocycles. The quantitative estimate of drug-likeness (QED) is 0.571. The first-order valence-corrected chi connectivity index (χ1v) is 1.49. The summed E-state index contributed by atoms with van der Waals surface area (Å²) in [6.45, 7) is 1.60. The molecule has 0 fully saturated rings. The van der Waals surface area contributed by atoms with Crippen LogP contribution in [0, 0.1) is 0 Å². The Kier molecular flexibility index (Phi) is 98.7. The number of rotatable bonds is 1. The summed E-state index contributed by atoms with van der Waals surface area (Å²) in [7, 11) is 0. The average Bonchev–Trinajstić information content (AvgIpc) is 1.38. The summed E-state index contributed by atoms with van der Waals surface area (Å²) in [5.41, 5.74) is 0. The lowest BCUT2D eigenvalue weighted by Crippen LogP contribution is -1.86. The summed E-state index contributed by atoms with van der Waals surface area (Å²) in [6, 6.07) is 0. The van der Waals surface area contributed by atoms with Crippen LogP contribution in [0.1, 0.15) is 13.3 Å². The van der Waals surface area contributed by atoms with Crippen molar-refractivity contribution in [3.05, 3.63) is 0 Å². The Morgan fingerprint density at radius 2 is 1.44 bits per heavy atom. The second kappa shape index (κ2) is 24.6. The zero-order chi connectivity index (χ0) is 4.28. The molecule has 9 heavy (non-hydrogen) atoms. The first-order valence-electron chi connectivity index (χ1n) is 1.49. The molecule has 0 aromatic rings. The van der Waals surface area contributed by atoms with E-state index in [4.69, 9.17) is 5.11 Å². The fraction of sp³-hybridized carbons (Fsp3) is 0.667. The Hall–Kier alpha value is -0.0300. The van der Waals surface area contributed by atoms with Crippen LogP contribution in [0.25, 0.3) is 0 Å². The van der Waals surface area contributed by atoms with Gasteiger partial charge in [0.05, 0.1) is 0 Å². The highest BCUT2D eigenvalue weighted by molar-refractivity contribution is 5.85. The third-order valence-corrected chi connectivity index (χ3v) is 0.302. The van der Waals surface area contributed by atoms with Gasteiger partial charge >= 0.3 is 5.97 Å². The monoisotopic (exact) mass is 180 g/mol. The normalized spacial score (nSPS) is 4.11. The zero-order valence-corrected chi connectivity index (χ0v) is 6.93. The number of hydrogen-bond acceptors (Lipinski definition) is 3. The van der Waals surface area contributed by atoms with Crippen molar-refractivity contribution in [2.45, 2.75) is 13.3 Å². The maximum absolute atomic E-state index is 9.37. The number of carbonyl (C=O) groups is 1. The van der Waals surface area contributed by atoms with Crippen LogP contribution >= 0.6 is 24.8 Å². The molecular formula is C3H14Cl2N2O2. The van der Waals surface area contributed by atoms with Gasteiger partial charge in [-0.15, -0.1) is 24.8 Å². The van der Waals surface area contributed by atoms with Crippen molar-refractivity contribution in [3.8, 4) is 0 Å². The zero-order valence-electron chi connectivity index (χ0n) is 5.29. The van der Waals surface area contributed by atoms with Crippen LogP contribution in [0.5, 0.6) is 0 Å². The van der Waals surface area contributed by atoms with E-state index in [1.54, 1.807) is 6.92 Å². The van der Waals surface area contributed by atoms with Crippen molar-refractivity contribution in [3.63, 3.8) is 0 Å². The second-order valence-electron chi connectivity index (χ2n) is 0.747. The molecule has 0 spiro atoms. The lowest BCUT2D eigenvalue weighted by atomic mass is 10.5. The molecule has 0 aliphatic rings. The van der Waals surface area contributed by atoms with E-state index in [1.807, 2.05) is 0 Å². The minimum absolute atomic E-state index is 0. The van der Waals surface area contributed by atoms with Crippen LogP contribution in [0.4, 0.5) is 0 Å². The summed E-state index contributed by atoms with van der Waals surface area (Å²) < 4.78 is 0. The van der Waals surface area contributed by atoms with Gasteiger partial charge in [-0.1, -0.05) is 6.92 Å². The van der Waals surface area contributed by atoms with Gasteiger partial charge in [-0.05, 0) is 0 Å². The number of aliphatic carboxylic acids is 1. The van der Waals surface area contributed by atoms with Crippen molar-refractivity contribution in [2.75, 3.05) is 0 Å². The molecule has 0 aromatic carbocycles. The van der Waals surface area contributed by atoms with Crippen molar-refractivity contribution in [1.82, 2.24) is 12.3 Å². The molecule has 0 aromatic heterocycles. The molecule has 0 atom stereocenters. The number of carboxylic acids is 1. The van der Waals surface area contributed by atoms with Crippen LogP contribution in [0.15, 0.2) is 0 Å². The Labute approximate surface area is 67.0 Å². The SMILES string of the molecule is CCC(=O)O.Cl.Cl.N.N. The van der Waals surface area contributed by atoms with Gasteiger partial charge in [0.15, 0.2) is 0 Å². The molecule has 62 valence electrons. The van der Waals surface area contributed by atoms with Gasteiger partial charge in [0.2, 0.25) is 0 Å². The summed E-state index contributed by atoms with van der Waals surface area (Å²) >= 11 is 0. The van der Waals surface area contributed by atoms with Crippen molar-refractivity contribution < 1.29 is 9.90 Å². The number of halogens is 2. The summed E-state index contributed by atoms with van der Waals surface area (Å²) in [6.07, 6.45) is 0.222. The summed E-state index contributed by atoms with van der Waals surface area (Å²) in [5, 5.41) is 7.72. The molecule has 6 heteroatoms. The highest BCUT2D eigenvalue weighted by Crippen LogP contribution is 1.67. The largest absolute Gasteiger partial charge is 0.481 e. The molecular weight excluding hydrogens is 167 g/mol. The van der Waals surface area contributed by atoms with Gasteiger partial charge < -0.3 is 17.4 Å². The van der Waals surface area contributed by atoms with E-state index in [-0.39, 0.29) is 43.5 Å². The Morgan fingerprint density at radius 1 is 1.33 bits per heavy atom. The van der Waals surface area contributed by atoms with Gasteiger partial charge in [-0.25, -0.2) is 0 Å². The smallest absolute Gasteiger partial charge is 0.303 e. The summed E-state index contributed by atoms with van der Waals surface area (Å²) in [4.78, 5) is 9.37. The van der Waals surface area contributed by atoms with E-state index in [1.165, 1.54) is 0 Å². The Morgan fingerprint density at radius 3 is 1.44 bits per heavy atom. The molecule has 0 amide bonds. The Bertz CT molecular complexity index is 53.1. The van der Waals surface area contributed by atoms with Gasteiger partial charge in [0.25, 0.3) is 0 Å². The van der Waals surface area contributed by atoms with E-state index < -0.39 is 5.97 Å². The van der Waals surface area contributed by atoms with Crippen molar-refractivity contribution in [1.29, 1.82) is 0 Å². The van der Waals surface area contributed by atoms with E-state index in [0.29, 0.717) is 0 Å². The second-order valence-corrected chi connectivity index (χ2v) is 0.747. The molecule has 0 aliphatic heterocycles. The minimum Gasteiger partial charge on any atom is -0.481 e. The van der Waals surface area contributed by atoms with E-state index >= 15 is 0 Å². The van der Waals surface area contributed by atoms with Crippen LogP contribution in [0.3, 0.4) is 0 Å². The number of hydrogen-bond donors (Lipinski definition) is 3. The van der Waals surface area contributed by atoms with Gasteiger partial charge in [0.1, 0.15) is 0 Å². The molecule has 0 unspecified atom stereocenters. The molecule has 4 nitrogen and oxygen atoms in total. The van der Waals surface area contributed by atoms with Crippen LogP contribution in [-0.4, -0.2) is 11.1 Å². The summed E-state index contributed by atoms with van der Waals surface area (Å²) in [5.74, 6) is -0.745.